The zero-order valence-electron chi connectivity index (χ0n) is 11.7. The molecule has 0 bridgehead atoms. The lowest BCUT2D eigenvalue weighted by molar-refractivity contribution is 0.102. The number of carbonyl (C=O) groups excluding carboxylic acids is 1. The number of carbonyl (C=O) groups is 1. The molecule has 2 rings (SSSR count). The number of ether oxygens (including phenoxy) is 1. The molecule has 0 radical (unpaired) electrons. The van der Waals surface area contributed by atoms with Crippen LogP contribution in [0.4, 0.5) is 11.5 Å². The summed E-state index contributed by atoms with van der Waals surface area (Å²) in [6, 6.07) is 10.3. The van der Waals surface area contributed by atoms with Crippen molar-refractivity contribution in [3.05, 3.63) is 42.1 Å². The molecule has 0 aliphatic rings. The molecule has 1 aromatic carbocycles. The largest absolute Gasteiger partial charge is 0.494 e. The zero-order valence-corrected chi connectivity index (χ0v) is 11.7. The van der Waals surface area contributed by atoms with Gasteiger partial charge in [-0.2, -0.15) is 0 Å². The maximum Gasteiger partial charge on any atom is 0.276 e. The summed E-state index contributed by atoms with van der Waals surface area (Å²) in [7, 11) is 0. The van der Waals surface area contributed by atoms with E-state index in [4.69, 9.17) is 10.6 Å². The normalized spacial score (nSPS) is 10.0. The van der Waals surface area contributed by atoms with Gasteiger partial charge in [0.2, 0.25) is 0 Å². The number of hydrogen-bond donors (Lipinski definition) is 3. The third-order valence-electron chi connectivity index (χ3n) is 2.63. The Balaban J connectivity index is 1.98. The van der Waals surface area contributed by atoms with Crippen LogP contribution in [0.2, 0.25) is 0 Å². The predicted molar refractivity (Wildman–Crippen MR) is 80.0 cm³/mol. The van der Waals surface area contributed by atoms with Crippen molar-refractivity contribution in [2.45, 2.75) is 13.3 Å². The number of hydrazine groups is 1. The Bertz CT molecular complexity index is 583. The summed E-state index contributed by atoms with van der Waals surface area (Å²) in [4.78, 5) is 12.0. The van der Waals surface area contributed by atoms with E-state index in [0.717, 1.165) is 12.2 Å². The summed E-state index contributed by atoms with van der Waals surface area (Å²) in [5.41, 5.74) is 3.21. The number of nitrogen functional groups attached to an aromatic ring is 1. The minimum absolute atomic E-state index is 0.209. The van der Waals surface area contributed by atoms with E-state index in [0.29, 0.717) is 18.1 Å². The molecule has 2 aromatic rings. The van der Waals surface area contributed by atoms with Gasteiger partial charge in [0, 0.05) is 5.69 Å². The monoisotopic (exact) mass is 287 g/mol. The number of nitrogens with one attached hydrogen (secondary N) is 2. The van der Waals surface area contributed by atoms with Crippen molar-refractivity contribution in [2.75, 3.05) is 17.3 Å². The molecule has 21 heavy (non-hydrogen) atoms. The molecule has 110 valence electrons. The molecule has 1 heterocycles. The van der Waals surface area contributed by atoms with E-state index in [-0.39, 0.29) is 11.6 Å². The number of anilines is 2. The average molecular weight is 287 g/mol. The van der Waals surface area contributed by atoms with Gasteiger partial charge in [0.25, 0.3) is 5.91 Å². The van der Waals surface area contributed by atoms with E-state index in [1.54, 1.807) is 30.3 Å². The Labute approximate surface area is 122 Å². The second kappa shape index (κ2) is 7.20. The van der Waals surface area contributed by atoms with E-state index in [9.17, 15) is 4.79 Å². The summed E-state index contributed by atoms with van der Waals surface area (Å²) >= 11 is 0. The van der Waals surface area contributed by atoms with E-state index in [1.165, 1.54) is 6.07 Å². The fourth-order valence-corrected chi connectivity index (χ4v) is 1.58. The third-order valence-corrected chi connectivity index (χ3v) is 2.63. The molecule has 0 saturated heterocycles. The molecule has 1 aromatic heterocycles. The standard InChI is InChI=1S/C14H17N5O2/c1-2-9-21-11-5-3-10(4-6-11)16-14(20)12-7-8-13(17-15)19-18-12/h3-8H,2,9,15H2,1H3,(H,16,20)(H,17,19). The molecule has 0 saturated carbocycles. The quantitative estimate of drug-likeness (QED) is 0.553. The van der Waals surface area contributed by atoms with Crippen molar-refractivity contribution in [2.24, 2.45) is 5.84 Å². The SMILES string of the molecule is CCCOc1ccc(NC(=O)c2ccc(NN)nn2)cc1. The molecule has 0 aliphatic carbocycles. The van der Waals surface area contributed by atoms with E-state index in [2.05, 4.69) is 20.9 Å². The summed E-state index contributed by atoms with van der Waals surface area (Å²) in [5, 5.41) is 10.2. The molecular weight excluding hydrogens is 270 g/mol. The minimum atomic E-state index is -0.340. The van der Waals surface area contributed by atoms with Crippen molar-refractivity contribution >= 4 is 17.4 Å². The zero-order chi connectivity index (χ0) is 15.1. The Hall–Kier alpha value is -2.67. The fraction of sp³-hybridized carbons (Fsp3) is 0.214. The van der Waals surface area contributed by atoms with E-state index < -0.39 is 0 Å². The highest BCUT2D eigenvalue weighted by Crippen LogP contribution is 2.16. The average Bonchev–Trinajstić information content (AvgIpc) is 2.54. The van der Waals surface area contributed by atoms with Crippen molar-refractivity contribution < 1.29 is 9.53 Å². The maximum absolute atomic E-state index is 12.0. The second-order valence-corrected chi connectivity index (χ2v) is 4.28. The van der Waals surface area contributed by atoms with Gasteiger partial charge in [0.1, 0.15) is 5.75 Å². The molecule has 7 nitrogen and oxygen atoms in total. The summed E-state index contributed by atoms with van der Waals surface area (Å²) < 4.78 is 5.47. The van der Waals surface area contributed by atoms with Gasteiger partial charge in [-0.05, 0) is 42.8 Å². The van der Waals surface area contributed by atoms with E-state index in [1.807, 2.05) is 6.92 Å². The highest BCUT2D eigenvalue weighted by atomic mass is 16.5. The topological polar surface area (TPSA) is 102 Å². The number of amides is 1. The molecule has 0 unspecified atom stereocenters. The van der Waals surface area contributed by atoms with Crippen molar-refractivity contribution in [3.63, 3.8) is 0 Å². The van der Waals surface area contributed by atoms with Gasteiger partial charge in [0.15, 0.2) is 11.5 Å². The highest BCUT2D eigenvalue weighted by molar-refractivity contribution is 6.02. The first kappa shape index (κ1) is 14.7. The van der Waals surface area contributed by atoms with Crippen LogP contribution in [0, 0.1) is 0 Å². The Morgan fingerprint density at radius 2 is 1.95 bits per heavy atom. The lowest BCUT2D eigenvalue weighted by Crippen LogP contribution is -2.16. The number of benzene rings is 1. The lowest BCUT2D eigenvalue weighted by Gasteiger charge is -2.07. The molecule has 1 amide bonds. The van der Waals surface area contributed by atoms with Crippen LogP contribution in [0.3, 0.4) is 0 Å². The van der Waals surface area contributed by atoms with Gasteiger partial charge in [-0.25, -0.2) is 5.84 Å². The van der Waals surface area contributed by atoms with Crippen molar-refractivity contribution in [3.8, 4) is 5.75 Å². The van der Waals surface area contributed by atoms with Gasteiger partial charge in [-0.15, -0.1) is 10.2 Å². The first-order valence-electron chi connectivity index (χ1n) is 6.57. The number of aromatic nitrogens is 2. The molecule has 7 heteroatoms. The Morgan fingerprint density at radius 1 is 1.19 bits per heavy atom. The molecular formula is C14H17N5O2. The molecule has 0 aliphatic heterocycles. The van der Waals surface area contributed by atoms with Crippen LogP contribution < -0.4 is 21.3 Å². The summed E-state index contributed by atoms with van der Waals surface area (Å²) in [5.74, 6) is 6.01. The van der Waals surface area contributed by atoms with Crippen LogP contribution in [-0.4, -0.2) is 22.7 Å². The van der Waals surface area contributed by atoms with Gasteiger partial charge >= 0.3 is 0 Å². The van der Waals surface area contributed by atoms with Crippen LogP contribution in [0.15, 0.2) is 36.4 Å². The first-order chi connectivity index (χ1) is 10.2. The highest BCUT2D eigenvalue weighted by Gasteiger charge is 2.08. The smallest absolute Gasteiger partial charge is 0.276 e. The van der Waals surface area contributed by atoms with Crippen LogP contribution in [0.5, 0.6) is 5.75 Å². The van der Waals surface area contributed by atoms with Gasteiger partial charge in [-0.3, -0.25) is 4.79 Å². The second-order valence-electron chi connectivity index (χ2n) is 4.28. The number of nitrogens with two attached hydrogens (primary N) is 1. The lowest BCUT2D eigenvalue weighted by atomic mass is 10.3. The van der Waals surface area contributed by atoms with Gasteiger partial charge in [0.05, 0.1) is 6.61 Å². The third kappa shape index (κ3) is 4.15. The molecule has 0 atom stereocenters. The minimum Gasteiger partial charge on any atom is -0.494 e. The van der Waals surface area contributed by atoms with Crippen LogP contribution in [0.1, 0.15) is 23.8 Å². The maximum atomic E-state index is 12.0. The Morgan fingerprint density at radius 3 is 2.52 bits per heavy atom. The van der Waals surface area contributed by atoms with Crippen molar-refractivity contribution in [1.29, 1.82) is 0 Å². The molecule has 4 N–H and O–H groups in total. The van der Waals surface area contributed by atoms with Gasteiger partial charge in [-0.1, -0.05) is 6.92 Å². The number of rotatable bonds is 6. The van der Waals surface area contributed by atoms with Crippen LogP contribution in [-0.2, 0) is 0 Å². The fourth-order valence-electron chi connectivity index (χ4n) is 1.58. The van der Waals surface area contributed by atoms with Crippen LogP contribution >= 0.6 is 0 Å². The Kier molecular flexibility index (Phi) is 5.05. The first-order valence-corrected chi connectivity index (χ1v) is 6.57. The number of nitrogens with zero attached hydrogens (tertiary/aromatic N) is 2. The van der Waals surface area contributed by atoms with Gasteiger partial charge < -0.3 is 15.5 Å². The molecule has 0 spiro atoms. The van der Waals surface area contributed by atoms with Crippen molar-refractivity contribution in [1.82, 2.24) is 10.2 Å². The molecule has 0 fully saturated rings. The predicted octanol–water partition coefficient (Wildman–Crippen LogP) is 1.80. The number of hydrogen-bond acceptors (Lipinski definition) is 6. The summed E-state index contributed by atoms with van der Waals surface area (Å²) in [6.07, 6.45) is 0.949. The van der Waals surface area contributed by atoms with E-state index >= 15 is 0 Å². The summed E-state index contributed by atoms with van der Waals surface area (Å²) in [6.45, 7) is 2.71. The van der Waals surface area contributed by atoms with Crippen LogP contribution in [0.25, 0.3) is 0 Å².